The quantitative estimate of drug-likeness (QED) is 0.305. The smallest absolute Gasteiger partial charge is 0.244 e. The molecule has 0 fully saturated rings. The molecule has 3 aromatic carbocycles. The molecular weight excluding hydrogens is 581 g/mol. The van der Waals surface area contributed by atoms with E-state index in [9.17, 15) is 18.0 Å². The van der Waals surface area contributed by atoms with Crippen LogP contribution in [0.4, 0.5) is 5.69 Å². The summed E-state index contributed by atoms with van der Waals surface area (Å²) in [5.74, 6) is -0.913. The standard InChI is InChI=1S/C31H37Cl2N3O4S/c1-21-12-15-27(22(2)16-21)36(41(6,39)40)20-29(37)35(19-24-13-14-25(32)18-26(24)33)28(30(38)34-31(3,4)5)17-23-10-8-7-9-11-23/h7-16,18,28H,17,19-20H2,1-6H3,(H,34,38)/t28-/m1/s1. The highest BCUT2D eigenvalue weighted by Crippen LogP contribution is 2.27. The molecule has 1 N–H and O–H groups in total. The van der Waals surface area contributed by atoms with Gasteiger partial charge in [0.05, 0.1) is 11.9 Å². The molecule has 2 amide bonds. The molecule has 0 aromatic heterocycles. The van der Waals surface area contributed by atoms with Gasteiger partial charge in [-0.2, -0.15) is 0 Å². The lowest BCUT2D eigenvalue weighted by Gasteiger charge is -2.35. The van der Waals surface area contributed by atoms with Gasteiger partial charge in [-0.3, -0.25) is 13.9 Å². The van der Waals surface area contributed by atoms with Gasteiger partial charge in [-0.1, -0.05) is 77.3 Å². The van der Waals surface area contributed by atoms with E-state index in [0.717, 1.165) is 21.7 Å². The van der Waals surface area contributed by atoms with Gasteiger partial charge in [0.15, 0.2) is 0 Å². The van der Waals surface area contributed by atoms with Crippen molar-refractivity contribution in [2.24, 2.45) is 0 Å². The number of benzene rings is 3. The molecule has 3 rings (SSSR count). The van der Waals surface area contributed by atoms with Crippen LogP contribution in [-0.4, -0.2) is 49.5 Å². The van der Waals surface area contributed by atoms with Crippen LogP contribution in [0.5, 0.6) is 0 Å². The van der Waals surface area contributed by atoms with E-state index >= 15 is 0 Å². The monoisotopic (exact) mass is 617 g/mol. The molecular formula is C31H37Cl2N3O4S. The number of nitrogens with one attached hydrogen (secondary N) is 1. The van der Waals surface area contributed by atoms with Gasteiger partial charge in [0.2, 0.25) is 21.8 Å². The molecule has 0 saturated carbocycles. The lowest BCUT2D eigenvalue weighted by atomic mass is 10.0. The first kappa shape index (κ1) is 32.4. The number of aryl methyl sites for hydroxylation is 2. The number of amides is 2. The second-order valence-corrected chi connectivity index (χ2v) is 14.0. The summed E-state index contributed by atoms with van der Waals surface area (Å²) in [6, 6.07) is 18.7. The van der Waals surface area contributed by atoms with Gasteiger partial charge in [0, 0.05) is 28.5 Å². The van der Waals surface area contributed by atoms with Crippen LogP contribution in [-0.2, 0) is 32.6 Å². The normalized spacial score (nSPS) is 12.5. The Morgan fingerprint density at radius 3 is 2.17 bits per heavy atom. The second-order valence-electron chi connectivity index (χ2n) is 11.3. The Kier molecular flexibility index (Phi) is 10.5. The lowest BCUT2D eigenvalue weighted by Crippen LogP contribution is -2.56. The number of sulfonamides is 1. The molecule has 0 saturated heterocycles. The molecule has 0 spiro atoms. The van der Waals surface area contributed by atoms with Gasteiger partial charge in [-0.15, -0.1) is 0 Å². The molecule has 0 radical (unpaired) electrons. The fourth-order valence-corrected chi connectivity index (χ4v) is 5.90. The zero-order chi connectivity index (χ0) is 30.5. The maximum atomic E-state index is 14.2. The lowest BCUT2D eigenvalue weighted by molar-refractivity contribution is -0.140. The number of hydrogen-bond donors (Lipinski definition) is 1. The number of carbonyl (C=O) groups excluding carboxylic acids is 2. The van der Waals surface area contributed by atoms with Crippen LogP contribution < -0.4 is 9.62 Å². The Balaban J connectivity index is 2.12. The van der Waals surface area contributed by atoms with Crippen LogP contribution in [0.2, 0.25) is 10.0 Å². The number of carbonyl (C=O) groups is 2. The Morgan fingerprint density at radius 2 is 1.61 bits per heavy atom. The minimum absolute atomic E-state index is 0.0334. The molecule has 0 aliphatic carbocycles. The Morgan fingerprint density at radius 1 is 0.951 bits per heavy atom. The molecule has 0 aliphatic heterocycles. The van der Waals surface area contributed by atoms with Crippen molar-refractivity contribution in [3.05, 3.63) is 99.0 Å². The third-order valence-corrected chi connectivity index (χ3v) is 8.14. The number of hydrogen-bond acceptors (Lipinski definition) is 4. The number of anilines is 1. The summed E-state index contributed by atoms with van der Waals surface area (Å²) in [6.07, 6.45) is 1.27. The van der Waals surface area contributed by atoms with Crippen molar-refractivity contribution >= 4 is 50.7 Å². The Bertz CT molecular complexity index is 1510. The predicted molar refractivity (Wildman–Crippen MR) is 167 cm³/mol. The van der Waals surface area contributed by atoms with Crippen molar-refractivity contribution in [3.63, 3.8) is 0 Å². The molecule has 1 atom stereocenters. The van der Waals surface area contributed by atoms with E-state index in [1.807, 2.05) is 64.1 Å². The average molecular weight is 619 g/mol. The van der Waals surface area contributed by atoms with Crippen LogP contribution in [0, 0.1) is 13.8 Å². The fourth-order valence-electron chi connectivity index (χ4n) is 4.52. The molecule has 0 aliphatic rings. The van der Waals surface area contributed by atoms with E-state index in [0.29, 0.717) is 26.9 Å². The van der Waals surface area contributed by atoms with Crippen LogP contribution in [0.15, 0.2) is 66.7 Å². The van der Waals surface area contributed by atoms with E-state index in [4.69, 9.17) is 23.2 Å². The first-order chi connectivity index (χ1) is 19.0. The van der Waals surface area contributed by atoms with Crippen LogP contribution in [0.25, 0.3) is 0 Å². The zero-order valence-electron chi connectivity index (χ0n) is 24.2. The third-order valence-electron chi connectivity index (χ3n) is 6.43. The SMILES string of the molecule is Cc1ccc(N(CC(=O)N(Cc2ccc(Cl)cc2Cl)[C@H](Cc2ccccc2)C(=O)NC(C)(C)C)S(C)(=O)=O)c(C)c1. The van der Waals surface area contributed by atoms with Crippen molar-refractivity contribution in [2.45, 2.75) is 59.2 Å². The van der Waals surface area contributed by atoms with Crippen LogP contribution >= 0.6 is 23.2 Å². The van der Waals surface area contributed by atoms with Gasteiger partial charge in [0.1, 0.15) is 12.6 Å². The van der Waals surface area contributed by atoms with Gasteiger partial charge in [0.25, 0.3) is 0 Å². The van der Waals surface area contributed by atoms with Crippen LogP contribution in [0.3, 0.4) is 0 Å². The van der Waals surface area contributed by atoms with E-state index in [-0.39, 0.29) is 18.9 Å². The van der Waals surface area contributed by atoms with Crippen molar-refractivity contribution in [3.8, 4) is 0 Å². The fraction of sp³-hybridized carbons (Fsp3) is 0.355. The molecule has 10 heteroatoms. The topological polar surface area (TPSA) is 86.8 Å². The average Bonchev–Trinajstić information content (AvgIpc) is 2.85. The summed E-state index contributed by atoms with van der Waals surface area (Å²) < 4.78 is 27.1. The summed E-state index contributed by atoms with van der Waals surface area (Å²) in [6.45, 7) is 8.75. The van der Waals surface area contributed by atoms with Crippen LogP contribution in [0.1, 0.15) is 43.0 Å². The highest BCUT2D eigenvalue weighted by molar-refractivity contribution is 7.92. The highest BCUT2D eigenvalue weighted by atomic mass is 35.5. The van der Waals surface area contributed by atoms with Gasteiger partial charge >= 0.3 is 0 Å². The van der Waals surface area contributed by atoms with Crippen molar-refractivity contribution in [2.75, 3.05) is 17.1 Å². The number of nitrogens with zero attached hydrogens (tertiary/aromatic N) is 2. The second kappa shape index (κ2) is 13.3. The largest absolute Gasteiger partial charge is 0.350 e. The molecule has 0 heterocycles. The summed E-state index contributed by atoms with van der Waals surface area (Å²) in [4.78, 5) is 29.4. The predicted octanol–water partition coefficient (Wildman–Crippen LogP) is 5.93. The maximum Gasteiger partial charge on any atom is 0.244 e. The maximum absolute atomic E-state index is 14.2. The summed E-state index contributed by atoms with van der Waals surface area (Å²) >= 11 is 12.6. The summed E-state index contributed by atoms with van der Waals surface area (Å²) in [5.41, 5.74) is 2.92. The first-order valence-electron chi connectivity index (χ1n) is 13.2. The molecule has 7 nitrogen and oxygen atoms in total. The van der Waals surface area contributed by atoms with E-state index in [1.54, 1.807) is 37.3 Å². The van der Waals surface area contributed by atoms with Gasteiger partial charge < -0.3 is 10.2 Å². The van der Waals surface area contributed by atoms with Crippen molar-refractivity contribution < 1.29 is 18.0 Å². The first-order valence-corrected chi connectivity index (χ1v) is 15.8. The van der Waals surface area contributed by atoms with Crippen molar-refractivity contribution in [1.29, 1.82) is 0 Å². The molecule has 0 bridgehead atoms. The van der Waals surface area contributed by atoms with Gasteiger partial charge in [-0.25, -0.2) is 8.42 Å². The Labute approximate surface area is 253 Å². The van der Waals surface area contributed by atoms with Crippen molar-refractivity contribution in [1.82, 2.24) is 10.2 Å². The van der Waals surface area contributed by atoms with E-state index < -0.39 is 34.1 Å². The summed E-state index contributed by atoms with van der Waals surface area (Å²) in [7, 11) is -3.86. The minimum Gasteiger partial charge on any atom is -0.350 e. The van der Waals surface area contributed by atoms with E-state index in [1.165, 1.54) is 4.90 Å². The molecule has 0 unspecified atom stereocenters. The Hall–Kier alpha value is -3.07. The number of rotatable bonds is 10. The molecule has 220 valence electrons. The third kappa shape index (κ3) is 9.21. The van der Waals surface area contributed by atoms with E-state index in [2.05, 4.69) is 5.32 Å². The van der Waals surface area contributed by atoms with Gasteiger partial charge in [-0.05, 0) is 69.5 Å². The highest BCUT2D eigenvalue weighted by Gasteiger charge is 2.34. The minimum atomic E-state index is -3.86. The number of halogens is 2. The molecule has 41 heavy (non-hydrogen) atoms. The summed E-state index contributed by atoms with van der Waals surface area (Å²) in [5, 5.41) is 3.76. The molecule has 3 aromatic rings. The zero-order valence-corrected chi connectivity index (χ0v) is 26.6.